The van der Waals surface area contributed by atoms with E-state index in [2.05, 4.69) is 5.32 Å². The monoisotopic (exact) mass is 221 g/mol. The summed E-state index contributed by atoms with van der Waals surface area (Å²) in [5.41, 5.74) is 0.620. The van der Waals surface area contributed by atoms with Crippen LogP contribution in [0.1, 0.15) is 32.4 Å². The van der Waals surface area contributed by atoms with Gasteiger partial charge in [0, 0.05) is 12.6 Å². The van der Waals surface area contributed by atoms with Crippen LogP contribution in [-0.2, 0) is 9.53 Å². The van der Waals surface area contributed by atoms with E-state index in [9.17, 15) is 4.79 Å². The topological polar surface area (TPSA) is 38.3 Å². The molecule has 0 spiro atoms. The molecular formula is C13H19NO2. The summed E-state index contributed by atoms with van der Waals surface area (Å²) in [5.74, 6) is -0.110. The summed E-state index contributed by atoms with van der Waals surface area (Å²) in [5, 5.41) is 2.90. The van der Waals surface area contributed by atoms with Crippen LogP contribution in [0.25, 0.3) is 0 Å². The summed E-state index contributed by atoms with van der Waals surface area (Å²) in [6.07, 6.45) is -0.541. The van der Waals surface area contributed by atoms with E-state index < -0.39 is 6.10 Å². The van der Waals surface area contributed by atoms with Crippen LogP contribution in [0.2, 0.25) is 0 Å². The van der Waals surface area contributed by atoms with E-state index in [1.165, 1.54) is 0 Å². The molecule has 1 aromatic carbocycles. The van der Waals surface area contributed by atoms with Crippen molar-refractivity contribution in [3.63, 3.8) is 0 Å². The Bertz CT molecular complexity index is 341. The van der Waals surface area contributed by atoms with Crippen LogP contribution in [0.4, 0.5) is 0 Å². The standard InChI is InChI=1S/C13H19NO2/c1-13(2,3)14-12(15)11(16-4)10-8-6-5-7-9-10/h5-9,11H,1-4H3,(H,14,15)/t11-/m0/s1. The lowest BCUT2D eigenvalue weighted by atomic mass is 10.1. The van der Waals surface area contributed by atoms with Gasteiger partial charge in [-0.05, 0) is 26.3 Å². The zero-order valence-corrected chi connectivity index (χ0v) is 10.3. The molecule has 0 bridgehead atoms. The van der Waals surface area contributed by atoms with Crippen LogP contribution in [0, 0.1) is 0 Å². The molecule has 0 saturated heterocycles. The minimum atomic E-state index is -0.541. The van der Waals surface area contributed by atoms with Gasteiger partial charge in [-0.1, -0.05) is 30.3 Å². The Labute approximate surface area is 96.8 Å². The molecule has 3 nitrogen and oxygen atoms in total. The number of carbonyl (C=O) groups excluding carboxylic acids is 1. The molecule has 1 rings (SSSR count). The van der Waals surface area contributed by atoms with Crippen molar-refractivity contribution in [3.8, 4) is 0 Å². The van der Waals surface area contributed by atoms with Crippen molar-refractivity contribution in [2.75, 3.05) is 7.11 Å². The highest BCUT2D eigenvalue weighted by atomic mass is 16.5. The number of carbonyl (C=O) groups is 1. The molecule has 0 heterocycles. The number of nitrogens with one attached hydrogen (secondary N) is 1. The van der Waals surface area contributed by atoms with E-state index in [1.54, 1.807) is 7.11 Å². The highest BCUT2D eigenvalue weighted by Gasteiger charge is 2.23. The Morgan fingerprint density at radius 1 is 1.25 bits per heavy atom. The van der Waals surface area contributed by atoms with Crippen molar-refractivity contribution in [2.24, 2.45) is 0 Å². The summed E-state index contributed by atoms with van der Waals surface area (Å²) >= 11 is 0. The molecule has 0 radical (unpaired) electrons. The van der Waals surface area contributed by atoms with Crippen molar-refractivity contribution in [1.29, 1.82) is 0 Å². The number of ether oxygens (including phenoxy) is 1. The molecule has 1 amide bonds. The quantitative estimate of drug-likeness (QED) is 0.850. The second-order valence-electron chi connectivity index (χ2n) is 4.77. The van der Waals surface area contributed by atoms with Gasteiger partial charge in [0.1, 0.15) is 0 Å². The molecule has 1 atom stereocenters. The van der Waals surface area contributed by atoms with Crippen molar-refractivity contribution >= 4 is 5.91 Å². The molecule has 1 aromatic rings. The lowest BCUT2D eigenvalue weighted by molar-refractivity contribution is -0.132. The lowest BCUT2D eigenvalue weighted by Gasteiger charge is -2.24. The first-order chi connectivity index (χ1) is 7.44. The molecule has 88 valence electrons. The Morgan fingerprint density at radius 3 is 2.25 bits per heavy atom. The second-order valence-corrected chi connectivity index (χ2v) is 4.77. The smallest absolute Gasteiger partial charge is 0.254 e. The number of rotatable bonds is 3. The summed E-state index contributed by atoms with van der Waals surface area (Å²) in [6, 6.07) is 9.47. The number of amides is 1. The second kappa shape index (κ2) is 5.12. The Balaban J connectivity index is 2.80. The number of methoxy groups -OCH3 is 1. The minimum Gasteiger partial charge on any atom is -0.367 e. The maximum absolute atomic E-state index is 12.0. The fourth-order valence-corrected chi connectivity index (χ4v) is 1.46. The van der Waals surface area contributed by atoms with Gasteiger partial charge in [-0.2, -0.15) is 0 Å². The lowest BCUT2D eigenvalue weighted by Crippen LogP contribution is -2.43. The average molecular weight is 221 g/mol. The molecule has 0 unspecified atom stereocenters. The highest BCUT2D eigenvalue weighted by molar-refractivity contribution is 5.82. The molecule has 0 aromatic heterocycles. The van der Waals surface area contributed by atoms with Gasteiger partial charge in [-0.15, -0.1) is 0 Å². The molecular weight excluding hydrogens is 202 g/mol. The summed E-state index contributed by atoms with van der Waals surface area (Å²) < 4.78 is 5.23. The molecule has 3 heteroatoms. The third kappa shape index (κ3) is 3.66. The van der Waals surface area contributed by atoms with E-state index in [0.29, 0.717) is 0 Å². The molecule has 16 heavy (non-hydrogen) atoms. The van der Waals surface area contributed by atoms with Crippen LogP contribution in [-0.4, -0.2) is 18.6 Å². The maximum atomic E-state index is 12.0. The number of hydrogen-bond acceptors (Lipinski definition) is 2. The first-order valence-electron chi connectivity index (χ1n) is 5.34. The first-order valence-corrected chi connectivity index (χ1v) is 5.34. The summed E-state index contributed by atoms with van der Waals surface area (Å²) in [6.45, 7) is 5.84. The van der Waals surface area contributed by atoms with Crippen molar-refractivity contribution < 1.29 is 9.53 Å². The van der Waals surface area contributed by atoms with Crippen LogP contribution >= 0.6 is 0 Å². The van der Waals surface area contributed by atoms with E-state index in [4.69, 9.17) is 4.74 Å². The van der Waals surface area contributed by atoms with Gasteiger partial charge in [-0.3, -0.25) is 4.79 Å². The Kier molecular flexibility index (Phi) is 4.07. The Hall–Kier alpha value is -1.35. The molecule has 0 aliphatic rings. The zero-order valence-electron chi connectivity index (χ0n) is 10.3. The largest absolute Gasteiger partial charge is 0.367 e. The third-order valence-electron chi connectivity index (χ3n) is 2.07. The average Bonchev–Trinajstić information content (AvgIpc) is 2.17. The number of hydrogen-bond donors (Lipinski definition) is 1. The van der Waals surface area contributed by atoms with Crippen LogP contribution < -0.4 is 5.32 Å². The van der Waals surface area contributed by atoms with E-state index in [1.807, 2.05) is 51.1 Å². The van der Waals surface area contributed by atoms with Gasteiger partial charge >= 0.3 is 0 Å². The zero-order chi connectivity index (χ0) is 12.2. The fourth-order valence-electron chi connectivity index (χ4n) is 1.46. The van der Waals surface area contributed by atoms with Crippen molar-refractivity contribution in [1.82, 2.24) is 5.32 Å². The minimum absolute atomic E-state index is 0.110. The fraction of sp³-hybridized carbons (Fsp3) is 0.462. The maximum Gasteiger partial charge on any atom is 0.254 e. The van der Waals surface area contributed by atoms with Gasteiger partial charge in [0.2, 0.25) is 0 Å². The normalized spacial score (nSPS) is 13.2. The predicted octanol–water partition coefficient (Wildman–Crippen LogP) is 2.29. The predicted molar refractivity (Wildman–Crippen MR) is 64.1 cm³/mol. The van der Waals surface area contributed by atoms with Crippen LogP contribution in [0.5, 0.6) is 0 Å². The molecule has 0 saturated carbocycles. The third-order valence-corrected chi connectivity index (χ3v) is 2.07. The molecule has 0 fully saturated rings. The Morgan fingerprint density at radius 2 is 1.81 bits per heavy atom. The first kappa shape index (κ1) is 12.7. The van der Waals surface area contributed by atoms with Crippen LogP contribution in [0.3, 0.4) is 0 Å². The van der Waals surface area contributed by atoms with Crippen LogP contribution in [0.15, 0.2) is 30.3 Å². The van der Waals surface area contributed by atoms with Crippen molar-refractivity contribution in [3.05, 3.63) is 35.9 Å². The van der Waals surface area contributed by atoms with Gasteiger partial charge in [0.25, 0.3) is 5.91 Å². The van der Waals surface area contributed by atoms with E-state index in [-0.39, 0.29) is 11.4 Å². The summed E-state index contributed by atoms with van der Waals surface area (Å²) in [7, 11) is 1.54. The molecule has 1 N–H and O–H groups in total. The van der Waals surface area contributed by atoms with Gasteiger partial charge in [0.05, 0.1) is 0 Å². The van der Waals surface area contributed by atoms with E-state index >= 15 is 0 Å². The highest BCUT2D eigenvalue weighted by Crippen LogP contribution is 2.17. The molecule has 0 aliphatic heterocycles. The van der Waals surface area contributed by atoms with Gasteiger partial charge in [-0.25, -0.2) is 0 Å². The molecule has 0 aliphatic carbocycles. The van der Waals surface area contributed by atoms with Gasteiger partial charge in [0.15, 0.2) is 6.10 Å². The summed E-state index contributed by atoms with van der Waals surface area (Å²) in [4.78, 5) is 12.0. The van der Waals surface area contributed by atoms with Gasteiger partial charge < -0.3 is 10.1 Å². The number of benzene rings is 1. The SMILES string of the molecule is CO[C@H](C(=O)NC(C)(C)C)c1ccccc1. The van der Waals surface area contributed by atoms with Crippen molar-refractivity contribution in [2.45, 2.75) is 32.4 Å². The van der Waals surface area contributed by atoms with E-state index in [0.717, 1.165) is 5.56 Å².